The monoisotopic (exact) mass is 469 g/mol. The number of fused-ring (bicyclic) bond motifs is 1. The number of carbonyl (C=O) groups is 2. The Kier molecular flexibility index (Phi) is 5.94. The molecule has 8 nitrogen and oxygen atoms in total. The molecule has 2 aromatic rings. The molecule has 1 unspecified atom stereocenters. The van der Waals surface area contributed by atoms with Crippen LogP contribution in [0.1, 0.15) is 25.3 Å². The molecule has 178 valence electrons. The van der Waals surface area contributed by atoms with Crippen LogP contribution in [0.2, 0.25) is 0 Å². The third-order valence-electron chi connectivity index (χ3n) is 6.83. The number of amides is 2. The maximum atomic E-state index is 12.9. The molecule has 2 amide bonds. The summed E-state index contributed by atoms with van der Waals surface area (Å²) in [5.41, 5.74) is 4.84. The summed E-state index contributed by atoms with van der Waals surface area (Å²) in [7, 11) is 0. The van der Waals surface area contributed by atoms with Crippen molar-refractivity contribution in [3.63, 3.8) is 0 Å². The predicted octanol–water partition coefficient (Wildman–Crippen LogP) is 3.17. The molecule has 35 heavy (non-hydrogen) atoms. The normalized spacial score (nSPS) is 23.1. The molecular weight excluding hydrogens is 442 g/mol. The van der Waals surface area contributed by atoms with Crippen molar-refractivity contribution in [2.75, 3.05) is 13.1 Å². The van der Waals surface area contributed by atoms with E-state index in [1.165, 1.54) is 6.26 Å². The van der Waals surface area contributed by atoms with Crippen LogP contribution in [0.3, 0.4) is 0 Å². The van der Waals surface area contributed by atoms with E-state index in [2.05, 4.69) is 21.1 Å². The predicted molar refractivity (Wildman–Crippen MR) is 132 cm³/mol. The van der Waals surface area contributed by atoms with Crippen molar-refractivity contribution in [1.82, 2.24) is 21.1 Å². The Hall–Kier alpha value is -4.20. The number of allylic oxidation sites excluding steroid dienone is 4. The standard InChI is InChI=1S/C27H27N5O3/c1-2-18-15-27(21-4-3-11-29-24(21)31-26(27)34)16-20(18)14-22(28)25(33)30-12-9-17-5-7-19(8-6-17)23-10-13-35-32-23/h2-8,10,13-14,28-29H,9,11-12,15-16H2,1H3,(H,30,33)(H,31,34)/b18-2-,20-14-,28-22?. The number of nitrogens with zero attached hydrogens (tertiary/aromatic N) is 1. The number of hydrogen-bond donors (Lipinski definition) is 4. The zero-order valence-electron chi connectivity index (χ0n) is 19.5. The van der Waals surface area contributed by atoms with Gasteiger partial charge in [-0.05, 0) is 49.0 Å². The van der Waals surface area contributed by atoms with Crippen LogP contribution in [0.15, 0.2) is 88.0 Å². The Balaban J connectivity index is 1.21. The lowest BCUT2D eigenvalue weighted by atomic mass is 9.78. The quantitative estimate of drug-likeness (QED) is 0.485. The Morgan fingerprint density at radius 1 is 1.23 bits per heavy atom. The largest absolute Gasteiger partial charge is 0.368 e. The first kappa shape index (κ1) is 22.6. The molecule has 2 aliphatic heterocycles. The number of benzene rings is 1. The van der Waals surface area contributed by atoms with Crippen molar-refractivity contribution < 1.29 is 14.1 Å². The summed E-state index contributed by atoms with van der Waals surface area (Å²) >= 11 is 0. The summed E-state index contributed by atoms with van der Waals surface area (Å²) in [5.74, 6) is 0.314. The van der Waals surface area contributed by atoms with Crippen LogP contribution in [0.4, 0.5) is 0 Å². The summed E-state index contributed by atoms with van der Waals surface area (Å²) in [4.78, 5) is 25.5. The highest BCUT2D eigenvalue weighted by molar-refractivity contribution is 6.42. The molecule has 1 aromatic carbocycles. The van der Waals surface area contributed by atoms with E-state index in [1.54, 1.807) is 12.1 Å². The molecule has 5 rings (SSSR count). The fraction of sp³-hybridized carbons (Fsp3) is 0.259. The summed E-state index contributed by atoms with van der Waals surface area (Å²) in [6.07, 6.45) is 10.8. The van der Waals surface area contributed by atoms with Gasteiger partial charge in [0.1, 0.15) is 23.5 Å². The average Bonchev–Trinajstić information content (AvgIpc) is 3.59. The number of hydrogen-bond acceptors (Lipinski definition) is 6. The van der Waals surface area contributed by atoms with Gasteiger partial charge in [0.05, 0.1) is 5.41 Å². The van der Waals surface area contributed by atoms with Gasteiger partial charge in [0.2, 0.25) is 5.91 Å². The van der Waals surface area contributed by atoms with Gasteiger partial charge in [-0.2, -0.15) is 0 Å². The molecule has 4 N–H and O–H groups in total. The zero-order valence-corrected chi connectivity index (χ0v) is 19.5. The molecule has 1 fully saturated rings. The van der Waals surface area contributed by atoms with Crippen LogP contribution in [0, 0.1) is 10.8 Å². The molecule has 1 aliphatic carbocycles. The molecule has 8 heteroatoms. The molecule has 3 heterocycles. The first-order valence-corrected chi connectivity index (χ1v) is 11.7. The number of carbonyl (C=O) groups excluding carboxylic acids is 2. The first-order valence-electron chi connectivity index (χ1n) is 11.7. The highest BCUT2D eigenvalue weighted by atomic mass is 16.5. The van der Waals surface area contributed by atoms with Gasteiger partial charge in [-0.1, -0.05) is 47.7 Å². The molecule has 1 aromatic heterocycles. The minimum Gasteiger partial charge on any atom is -0.368 e. The second kappa shape index (κ2) is 9.21. The Morgan fingerprint density at radius 2 is 2.03 bits per heavy atom. The number of aromatic nitrogens is 1. The van der Waals surface area contributed by atoms with Gasteiger partial charge in [0.15, 0.2) is 0 Å². The third kappa shape index (κ3) is 4.23. The third-order valence-corrected chi connectivity index (χ3v) is 6.83. The van der Waals surface area contributed by atoms with Crippen molar-refractivity contribution >= 4 is 17.5 Å². The van der Waals surface area contributed by atoms with Gasteiger partial charge in [-0.15, -0.1) is 0 Å². The average molecular weight is 470 g/mol. The van der Waals surface area contributed by atoms with E-state index >= 15 is 0 Å². The van der Waals surface area contributed by atoms with Crippen molar-refractivity contribution in [2.24, 2.45) is 5.41 Å². The molecule has 3 aliphatic rings. The second-order valence-electron chi connectivity index (χ2n) is 8.95. The van der Waals surface area contributed by atoms with Crippen molar-refractivity contribution in [3.05, 3.63) is 89.0 Å². The smallest absolute Gasteiger partial charge is 0.269 e. The fourth-order valence-electron chi connectivity index (χ4n) is 4.96. The van der Waals surface area contributed by atoms with Gasteiger partial charge < -0.3 is 20.5 Å². The number of nitrogens with one attached hydrogen (secondary N) is 4. The van der Waals surface area contributed by atoms with E-state index in [0.29, 0.717) is 32.4 Å². The Labute approximate surface area is 203 Å². The van der Waals surface area contributed by atoms with Gasteiger partial charge in [-0.3, -0.25) is 15.0 Å². The van der Waals surface area contributed by atoms with E-state index in [1.807, 2.05) is 49.4 Å². The van der Waals surface area contributed by atoms with Crippen LogP contribution >= 0.6 is 0 Å². The van der Waals surface area contributed by atoms with Crippen LogP contribution in [0.25, 0.3) is 11.3 Å². The topological polar surface area (TPSA) is 120 Å². The van der Waals surface area contributed by atoms with E-state index < -0.39 is 11.3 Å². The minimum absolute atomic E-state index is 0.0325. The summed E-state index contributed by atoms with van der Waals surface area (Å²) in [5, 5.41) is 21.3. The first-order chi connectivity index (χ1) is 17.0. The van der Waals surface area contributed by atoms with Crippen molar-refractivity contribution in [3.8, 4) is 11.3 Å². The molecule has 0 radical (unpaired) electrons. The Bertz CT molecular complexity index is 1300. The molecule has 1 spiro atoms. The van der Waals surface area contributed by atoms with Crippen molar-refractivity contribution in [1.29, 1.82) is 5.41 Å². The van der Waals surface area contributed by atoms with Crippen LogP contribution < -0.4 is 16.0 Å². The van der Waals surface area contributed by atoms with Crippen LogP contribution in [0.5, 0.6) is 0 Å². The summed E-state index contributed by atoms with van der Waals surface area (Å²) in [6.45, 7) is 3.03. The number of dihydropyridines is 1. The zero-order chi connectivity index (χ0) is 24.4. The number of rotatable bonds is 6. The van der Waals surface area contributed by atoms with Gasteiger partial charge >= 0.3 is 0 Å². The fourth-order valence-corrected chi connectivity index (χ4v) is 4.96. The molecule has 0 saturated heterocycles. The van der Waals surface area contributed by atoms with Gasteiger partial charge in [0.25, 0.3) is 5.91 Å². The second-order valence-corrected chi connectivity index (χ2v) is 8.95. The highest BCUT2D eigenvalue weighted by Crippen LogP contribution is 2.53. The van der Waals surface area contributed by atoms with E-state index in [4.69, 9.17) is 9.93 Å². The lowest BCUT2D eigenvalue weighted by molar-refractivity contribution is -0.126. The van der Waals surface area contributed by atoms with Gasteiger partial charge in [0, 0.05) is 30.3 Å². The molecule has 1 atom stereocenters. The summed E-state index contributed by atoms with van der Waals surface area (Å²) in [6, 6.07) is 9.71. The highest BCUT2D eigenvalue weighted by Gasteiger charge is 2.52. The Morgan fingerprint density at radius 3 is 2.77 bits per heavy atom. The molecular formula is C27H27N5O3. The maximum absolute atomic E-state index is 12.9. The maximum Gasteiger partial charge on any atom is 0.269 e. The summed E-state index contributed by atoms with van der Waals surface area (Å²) < 4.78 is 4.88. The van der Waals surface area contributed by atoms with E-state index in [0.717, 1.165) is 39.4 Å². The van der Waals surface area contributed by atoms with E-state index in [9.17, 15) is 9.59 Å². The minimum atomic E-state index is -0.679. The van der Waals surface area contributed by atoms with Gasteiger partial charge in [-0.25, -0.2) is 0 Å². The van der Waals surface area contributed by atoms with Crippen molar-refractivity contribution in [2.45, 2.75) is 26.2 Å². The molecule has 1 saturated carbocycles. The van der Waals surface area contributed by atoms with Crippen LogP contribution in [-0.2, 0) is 16.0 Å². The lowest BCUT2D eigenvalue weighted by Gasteiger charge is -2.22. The molecule has 0 bridgehead atoms. The van der Waals surface area contributed by atoms with E-state index in [-0.39, 0.29) is 11.6 Å². The SMILES string of the molecule is C/C=C1/CC2(C/C1=C/C(=N)C(=O)NCCc1ccc(-c3ccon3)cc1)C(=O)NC1=C2C=CCN1. The lowest BCUT2D eigenvalue weighted by Crippen LogP contribution is -2.33. The van der Waals surface area contributed by atoms with Crippen LogP contribution in [-0.4, -0.2) is 35.8 Å².